The number of unbranched alkanes of at least 4 members (excludes halogenated alkanes) is 7. The zero-order chi connectivity index (χ0) is 35.3. The Bertz CT molecular complexity index is 1670. The third-order valence-corrected chi connectivity index (χ3v) is 10.1. The Kier molecular flexibility index (Phi) is 14.3. The van der Waals surface area contributed by atoms with E-state index in [1.165, 1.54) is 38.5 Å². The SMILES string of the molecule is COc1ccc2c(c1)c(CC(=O)OC(CN1CCN(CCCCCCCCCCO)CC1)c1ccccc1)c(C)n2C(=O)c1ccc(Cl)cc1. The topological polar surface area (TPSA) is 84.2 Å². The van der Waals surface area contributed by atoms with E-state index in [1.807, 2.05) is 55.5 Å². The van der Waals surface area contributed by atoms with Crippen molar-refractivity contribution in [3.63, 3.8) is 0 Å². The second-order valence-corrected chi connectivity index (χ2v) is 13.8. The van der Waals surface area contributed by atoms with E-state index in [0.29, 0.717) is 40.7 Å². The van der Waals surface area contributed by atoms with Crippen LogP contribution in [0.1, 0.15) is 84.6 Å². The van der Waals surface area contributed by atoms with Crippen molar-refractivity contribution in [3.05, 3.63) is 100 Å². The number of nitrogens with zero attached hydrogens (tertiary/aromatic N) is 3. The van der Waals surface area contributed by atoms with Gasteiger partial charge in [-0.1, -0.05) is 80.5 Å². The van der Waals surface area contributed by atoms with Crippen molar-refractivity contribution >= 4 is 34.4 Å². The lowest BCUT2D eigenvalue weighted by Gasteiger charge is -2.36. The molecule has 1 N–H and O–H groups in total. The fourth-order valence-corrected chi connectivity index (χ4v) is 7.08. The average Bonchev–Trinajstić information content (AvgIpc) is 3.41. The van der Waals surface area contributed by atoms with Gasteiger partial charge in [-0.15, -0.1) is 0 Å². The number of piperazine rings is 1. The number of hydrogen-bond donors (Lipinski definition) is 1. The molecule has 0 spiro atoms. The van der Waals surface area contributed by atoms with E-state index in [1.54, 1.807) is 35.9 Å². The molecule has 1 aromatic heterocycles. The van der Waals surface area contributed by atoms with Crippen molar-refractivity contribution in [2.75, 3.05) is 53.0 Å². The molecular formula is C41H52ClN3O5. The summed E-state index contributed by atoms with van der Waals surface area (Å²) in [5.74, 6) is 0.116. The number of aliphatic hydroxyl groups is 1. The normalized spacial score (nSPS) is 14.6. The van der Waals surface area contributed by atoms with Gasteiger partial charge in [0.2, 0.25) is 0 Å². The Morgan fingerprint density at radius 3 is 2.12 bits per heavy atom. The Morgan fingerprint density at radius 2 is 1.46 bits per heavy atom. The zero-order valence-electron chi connectivity index (χ0n) is 29.6. The first-order valence-corrected chi connectivity index (χ1v) is 18.5. The zero-order valence-corrected chi connectivity index (χ0v) is 30.4. The van der Waals surface area contributed by atoms with Crippen molar-refractivity contribution in [2.45, 2.75) is 70.8 Å². The Hall–Kier alpha value is -3.69. The molecule has 1 fully saturated rings. The number of methoxy groups -OCH3 is 1. The minimum Gasteiger partial charge on any atom is -0.497 e. The minimum atomic E-state index is -0.411. The monoisotopic (exact) mass is 701 g/mol. The summed E-state index contributed by atoms with van der Waals surface area (Å²) < 4.78 is 13.5. The van der Waals surface area contributed by atoms with Gasteiger partial charge in [-0.05, 0) is 79.9 Å². The summed E-state index contributed by atoms with van der Waals surface area (Å²) in [4.78, 5) is 32.5. The fourth-order valence-electron chi connectivity index (χ4n) is 6.96. The number of rotatable bonds is 18. The fraction of sp³-hybridized carbons (Fsp3) is 0.463. The van der Waals surface area contributed by atoms with Gasteiger partial charge in [0, 0.05) is 61.0 Å². The van der Waals surface area contributed by atoms with Crippen LogP contribution in [0.3, 0.4) is 0 Å². The summed E-state index contributed by atoms with van der Waals surface area (Å²) in [5, 5.41) is 10.3. The summed E-state index contributed by atoms with van der Waals surface area (Å²) in [6.07, 6.45) is 9.26. The number of carbonyl (C=O) groups is 2. The molecule has 0 bridgehead atoms. The van der Waals surface area contributed by atoms with Crippen LogP contribution in [0.4, 0.5) is 0 Å². The summed E-state index contributed by atoms with van der Waals surface area (Å²) in [5.41, 5.74) is 3.62. The first-order valence-electron chi connectivity index (χ1n) is 18.2. The van der Waals surface area contributed by atoms with E-state index in [2.05, 4.69) is 9.80 Å². The van der Waals surface area contributed by atoms with Gasteiger partial charge in [-0.2, -0.15) is 0 Å². The highest BCUT2D eigenvalue weighted by molar-refractivity contribution is 6.30. The maximum Gasteiger partial charge on any atom is 0.311 e. The van der Waals surface area contributed by atoms with Crippen LogP contribution in [-0.4, -0.2) is 84.3 Å². The highest BCUT2D eigenvalue weighted by Crippen LogP contribution is 2.32. The smallest absolute Gasteiger partial charge is 0.311 e. The molecule has 3 aromatic carbocycles. The number of ether oxygens (including phenoxy) is 2. The molecule has 4 aromatic rings. The quantitative estimate of drug-likeness (QED) is 0.0836. The Morgan fingerprint density at radius 1 is 0.820 bits per heavy atom. The molecule has 1 aliphatic rings. The van der Waals surface area contributed by atoms with E-state index in [9.17, 15) is 9.59 Å². The molecule has 268 valence electrons. The number of carbonyl (C=O) groups excluding carboxylic acids is 2. The number of aromatic nitrogens is 1. The molecule has 9 heteroatoms. The number of halogens is 1. The van der Waals surface area contributed by atoms with Gasteiger partial charge in [0.05, 0.1) is 19.0 Å². The molecule has 0 radical (unpaired) electrons. The minimum absolute atomic E-state index is 0.0240. The molecular weight excluding hydrogens is 650 g/mol. The Balaban J connectivity index is 1.21. The van der Waals surface area contributed by atoms with Crippen molar-refractivity contribution in [1.82, 2.24) is 14.4 Å². The van der Waals surface area contributed by atoms with E-state index in [4.69, 9.17) is 26.2 Å². The van der Waals surface area contributed by atoms with E-state index in [0.717, 1.165) is 62.1 Å². The van der Waals surface area contributed by atoms with Crippen LogP contribution < -0.4 is 4.74 Å². The molecule has 8 nitrogen and oxygen atoms in total. The molecule has 0 aliphatic carbocycles. The van der Waals surface area contributed by atoms with E-state index < -0.39 is 6.10 Å². The van der Waals surface area contributed by atoms with Gasteiger partial charge in [0.1, 0.15) is 11.9 Å². The van der Waals surface area contributed by atoms with Gasteiger partial charge in [-0.25, -0.2) is 0 Å². The van der Waals surface area contributed by atoms with Crippen LogP contribution >= 0.6 is 11.6 Å². The third-order valence-electron chi connectivity index (χ3n) is 9.87. The van der Waals surface area contributed by atoms with Crippen molar-refractivity contribution in [3.8, 4) is 5.75 Å². The van der Waals surface area contributed by atoms with Gasteiger partial charge in [-0.3, -0.25) is 19.1 Å². The molecule has 1 saturated heterocycles. The molecule has 1 atom stereocenters. The standard InChI is InChI=1S/C41H52ClN3O5/c1-31-36(37-28-35(49-2)20-21-38(37)45(31)41(48)33-16-18-34(42)19-17-33)29-40(47)50-39(32-14-10-9-11-15-32)30-44-25-23-43(24-26-44)22-12-7-5-3-4-6-8-13-27-46/h9-11,14-21,28,39,46H,3-8,12-13,22-27,29-30H2,1-2H3. The van der Waals surface area contributed by atoms with E-state index >= 15 is 0 Å². The Labute approximate surface area is 301 Å². The van der Waals surface area contributed by atoms with Crippen LogP contribution in [0.5, 0.6) is 5.75 Å². The maximum absolute atomic E-state index is 13.8. The molecule has 5 rings (SSSR count). The largest absolute Gasteiger partial charge is 0.497 e. The summed E-state index contributed by atoms with van der Waals surface area (Å²) in [7, 11) is 1.60. The highest BCUT2D eigenvalue weighted by Gasteiger charge is 2.26. The van der Waals surface area contributed by atoms with Gasteiger partial charge >= 0.3 is 5.97 Å². The van der Waals surface area contributed by atoms with Gasteiger partial charge in [0.15, 0.2) is 0 Å². The van der Waals surface area contributed by atoms with Crippen LogP contribution in [0.2, 0.25) is 5.02 Å². The number of benzene rings is 3. The van der Waals surface area contributed by atoms with Crippen LogP contribution in [0.25, 0.3) is 10.9 Å². The van der Waals surface area contributed by atoms with Crippen molar-refractivity contribution in [2.24, 2.45) is 0 Å². The predicted molar refractivity (Wildman–Crippen MR) is 200 cm³/mol. The van der Waals surface area contributed by atoms with Gasteiger partial charge < -0.3 is 19.5 Å². The number of hydrogen-bond acceptors (Lipinski definition) is 7. The van der Waals surface area contributed by atoms with Gasteiger partial charge in [0.25, 0.3) is 5.91 Å². The average molecular weight is 702 g/mol. The lowest BCUT2D eigenvalue weighted by Crippen LogP contribution is -2.48. The first-order chi connectivity index (χ1) is 24.4. The van der Waals surface area contributed by atoms with Crippen LogP contribution in [0.15, 0.2) is 72.8 Å². The van der Waals surface area contributed by atoms with Crippen LogP contribution in [0, 0.1) is 6.92 Å². The molecule has 2 heterocycles. The third kappa shape index (κ3) is 10.2. The maximum atomic E-state index is 13.8. The summed E-state index contributed by atoms with van der Waals surface area (Å²) in [6.45, 7) is 7.84. The predicted octanol–water partition coefficient (Wildman–Crippen LogP) is 7.86. The molecule has 1 unspecified atom stereocenters. The lowest BCUT2D eigenvalue weighted by molar-refractivity contribution is -0.149. The summed E-state index contributed by atoms with van der Waals surface area (Å²) in [6, 6.07) is 22.4. The molecule has 0 saturated carbocycles. The van der Waals surface area contributed by atoms with Crippen molar-refractivity contribution in [1.29, 1.82) is 0 Å². The molecule has 1 aliphatic heterocycles. The number of aliphatic hydroxyl groups excluding tert-OH is 1. The summed E-state index contributed by atoms with van der Waals surface area (Å²) >= 11 is 6.09. The van der Waals surface area contributed by atoms with Crippen LogP contribution in [-0.2, 0) is 16.0 Å². The lowest BCUT2D eigenvalue weighted by atomic mass is 10.1. The molecule has 0 amide bonds. The second kappa shape index (κ2) is 19.1. The number of fused-ring (bicyclic) bond motifs is 1. The van der Waals surface area contributed by atoms with E-state index in [-0.39, 0.29) is 18.3 Å². The molecule has 50 heavy (non-hydrogen) atoms. The first kappa shape index (κ1) is 37.6. The number of esters is 1. The van der Waals surface area contributed by atoms with Crippen molar-refractivity contribution < 1.29 is 24.2 Å². The highest BCUT2D eigenvalue weighted by atomic mass is 35.5. The second-order valence-electron chi connectivity index (χ2n) is 13.4.